The van der Waals surface area contributed by atoms with Gasteiger partial charge in [-0.3, -0.25) is 0 Å². The van der Waals surface area contributed by atoms with E-state index in [0.717, 1.165) is 41.7 Å². The van der Waals surface area contributed by atoms with Gasteiger partial charge in [0.2, 0.25) is 0 Å². The molecule has 0 bridgehead atoms. The summed E-state index contributed by atoms with van der Waals surface area (Å²) in [6.07, 6.45) is 4.78. The van der Waals surface area contributed by atoms with E-state index in [4.69, 9.17) is 9.47 Å². The van der Waals surface area contributed by atoms with Gasteiger partial charge in [-0.1, -0.05) is 19.8 Å². The second-order valence-electron chi connectivity index (χ2n) is 5.61. The molecular formula is C17H23N3O3. The average molecular weight is 317 g/mol. The quantitative estimate of drug-likeness (QED) is 0.794. The molecule has 0 saturated heterocycles. The number of nitrogens with zero attached hydrogens (tertiary/aromatic N) is 3. The second-order valence-corrected chi connectivity index (χ2v) is 5.61. The summed E-state index contributed by atoms with van der Waals surface area (Å²) < 4.78 is 13.0. The van der Waals surface area contributed by atoms with Crippen LogP contribution in [-0.4, -0.2) is 39.7 Å². The van der Waals surface area contributed by atoms with Crippen molar-refractivity contribution >= 4 is 0 Å². The van der Waals surface area contributed by atoms with Gasteiger partial charge in [-0.25, -0.2) is 9.67 Å². The van der Waals surface area contributed by atoms with Gasteiger partial charge >= 0.3 is 0 Å². The molecule has 0 fully saturated rings. The third-order valence-corrected chi connectivity index (χ3v) is 3.83. The van der Waals surface area contributed by atoms with E-state index < -0.39 is 0 Å². The Hall–Kier alpha value is -2.08. The van der Waals surface area contributed by atoms with Crippen molar-refractivity contribution < 1.29 is 14.6 Å². The fraction of sp³-hybridized carbons (Fsp3) is 0.529. The van der Waals surface area contributed by atoms with E-state index in [1.165, 1.54) is 12.8 Å². The molecule has 0 atom stereocenters. The van der Waals surface area contributed by atoms with E-state index in [2.05, 4.69) is 17.0 Å². The minimum atomic E-state index is 0.0532. The highest BCUT2D eigenvalue weighted by atomic mass is 16.6. The number of ether oxygens (including phenoxy) is 2. The monoisotopic (exact) mass is 317 g/mol. The van der Waals surface area contributed by atoms with Gasteiger partial charge in [0.05, 0.1) is 12.3 Å². The molecule has 1 aliphatic heterocycles. The van der Waals surface area contributed by atoms with Crippen LogP contribution in [0.15, 0.2) is 18.2 Å². The number of aliphatic hydroxyl groups excluding tert-OH is 1. The molecule has 1 aromatic carbocycles. The van der Waals surface area contributed by atoms with E-state index in [1.807, 2.05) is 18.2 Å². The van der Waals surface area contributed by atoms with Crippen molar-refractivity contribution in [3.05, 3.63) is 29.8 Å². The van der Waals surface area contributed by atoms with E-state index in [0.29, 0.717) is 19.6 Å². The standard InChI is InChI=1S/C17H23N3O3/c1-2-3-4-5-16-18-17(8-9-21)20(19-16)13-6-7-14-15(12-13)23-11-10-22-14/h6-7,12,21H,2-5,8-11H2,1H3. The van der Waals surface area contributed by atoms with Crippen molar-refractivity contribution in [1.29, 1.82) is 0 Å². The summed E-state index contributed by atoms with van der Waals surface area (Å²) in [5.74, 6) is 3.09. The fourth-order valence-electron chi connectivity index (χ4n) is 2.66. The Morgan fingerprint density at radius 3 is 2.74 bits per heavy atom. The smallest absolute Gasteiger partial charge is 0.163 e. The maximum absolute atomic E-state index is 9.28. The molecule has 0 aliphatic carbocycles. The number of benzene rings is 1. The lowest BCUT2D eigenvalue weighted by atomic mass is 10.2. The summed E-state index contributed by atoms with van der Waals surface area (Å²) in [5.41, 5.74) is 0.881. The number of aryl methyl sites for hydroxylation is 1. The zero-order chi connectivity index (χ0) is 16.1. The van der Waals surface area contributed by atoms with Crippen molar-refractivity contribution in [2.24, 2.45) is 0 Å². The Bertz CT molecular complexity index is 655. The topological polar surface area (TPSA) is 69.4 Å². The number of fused-ring (bicyclic) bond motifs is 1. The molecule has 124 valence electrons. The maximum atomic E-state index is 9.28. The molecular weight excluding hydrogens is 294 g/mol. The molecule has 0 spiro atoms. The molecule has 6 nitrogen and oxygen atoms in total. The number of aromatic nitrogens is 3. The minimum absolute atomic E-state index is 0.0532. The lowest BCUT2D eigenvalue weighted by molar-refractivity contribution is 0.171. The molecule has 2 heterocycles. The first kappa shape index (κ1) is 15.8. The van der Waals surface area contributed by atoms with Crippen molar-refractivity contribution in [3.63, 3.8) is 0 Å². The first-order valence-electron chi connectivity index (χ1n) is 8.27. The number of hydrogen-bond donors (Lipinski definition) is 1. The molecule has 3 rings (SSSR count). The average Bonchev–Trinajstić information content (AvgIpc) is 2.98. The van der Waals surface area contributed by atoms with Gasteiger partial charge in [0.25, 0.3) is 0 Å². The van der Waals surface area contributed by atoms with Crippen LogP contribution in [0, 0.1) is 0 Å². The number of aliphatic hydroxyl groups is 1. The molecule has 1 aliphatic rings. The third-order valence-electron chi connectivity index (χ3n) is 3.83. The third kappa shape index (κ3) is 3.64. The van der Waals surface area contributed by atoms with Crippen LogP contribution < -0.4 is 9.47 Å². The van der Waals surface area contributed by atoms with Crippen LogP contribution in [0.1, 0.15) is 37.8 Å². The number of rotatable bonds is 7. The molecule has 0 radical (unpaired) electrons. The summed E-state index contributed by atoms with van der Waals surface area (Å²) in [6, 6.07) is 5.75. The first-order chi connectivity index (χ1) is 11.3. The van der Waals surface area contributed by atoms with Crippen molar-refractivity contribution in [1.82, 2.24) is 14.8 Å². The van der Waals surface area contributed by atoms with Crippen molar-refractivity contribution in [2.45, 2.75) is 39.0 Å². The Labute approximate surface area is 136 Å². The molecule has 23 heavy (non-hydrogen) atoms. The van der Waals surface area contributed by atoms with Crippen LogP contribution >= 0.6 is 0 Å². The summed E-state index contributed by atoms with van der Waals surface area (Å²) in [7, 11) is 0. The van der Waals surface area contributed by atoms with Crippen molar-refractivity contribution in [2.75, 3.05) is 19.8 Å². The van der Waals surface area contributed by atoms with Crippen LogP contribution in [0.5, 0.6) is 11.5 Å². The van der Waals surface area contributed by atoms with E-state index in [-0.39, 0.29) is 6.61 Å². The summed E-state index contributed by atoms with van der Waals surface area (Å²) in [6.45, 7) is 3.36. The Morgan fingerprint density at radius 1 is 1.13 bits per heavy atom. The summed E-state index contributed by atoms with van der Waals surface area (Å²) >= 11 is 0. The summed E-state index contributed by atoms with van der Waals surface area (Å²) in [5, 5.41) is 13.9. The molecule has 0 unspecified atom stereocenters. The van der Waals surface area contributed by atoms with Gasteiger partial charge in [0, 0.05) is 18.9 Å². The molecule has 2 aromatic rings. The SMILES string of the molecule is CCCCCc1nc(CCO)n(-c2ccc3c(c2)OCCO3)n1. The predicted molar refractivity (Wildman–Crippen MR) is 86.4 cm³/mol. The molecule has 6 heteroatoms. The molecule has 1 aromatic heterocycles. The highest BCUT2D eigenvalue weighted by Gasteiger charge is 2.16. The van der Waals surface area contributed by atoms with Gasteiger partial charge in [-0.2, -0.15) is 5.10 Å². The highest BCUT2D eigenvalue weighted by Crippen LogP contribution is 2.32. The first-order valence-corrected chi connectivity index (χ1v) is 8.27. The van der Waals surface area contributed by atoms with Gasteiger partial charge in [0.15, 0.2) is 17.3 Å². The lowest BCUT2D eigenvalue weighted by Gasteiger charge is -2.19. The fourth-order valence-corrected chi connectivity index (χ4v) is 2.66. The van der Waals surface area contributed by atoms with Crippen molar-refractivity contribution in [3.8, 4) is 17.2 Å². The summed E-state index contributed by atoms with van der Waals surface area (Å²) in [4.78, 5) is 4.58. The van der Waals surface area contributed by atoms with Gasteiger partial charge in [0.1, 0.15) is 19.0 Å². The number of unbranched alkanes of at least 4 members (excludes halogenated alkanes) is 2. The van der Waals surface area contributed by atoms with E-state index >= 15 is 0 Å². The van der Waals surface area contributed by atoms with Crippen LogP contribution in [0.2, 0.25) is 0 Å². The lowest BCUT2D eigenvalue weighted by Crippen LogP contribution is -2.15. The molecule has 1 N–H and O–H groups in total. The van der Waals surface area contributed by atoms with Crippen LogP contribution in [0.25, 0.3) is 5.69 Å². The van der Waals surface area contributed by atoms with E-state index in [1.54, 1.807) is 4.68 Å². The normalized spacial score (nSPS) is 13.3. The molecule has 0 amide bonds. The second kappa shape index (κ2) is 7.46. The Balaban J connectivity index is 1.87. The molecule has 0 saturated carbocycles. The highest BCUT2D eigenvalue weighted by molar-refractivity contribution is 5.49. The zero-order valence-corrected chi connectivity index (χ0v) is 13.5. The van der Waals surface area contributed by atoms with Gasteiger partial charge < -0.3 is 14.6 Å². The van der Waals surface area contributed by atoms with E-state index in [9.17, 15) is 5.11 Å². The zero-order valence-electron chi connectivity index (χ0n) is 13.5. The maximum Gasteiger partial charge on any atom is 0.163 e. The minimum Gasteiger partial charge on any atom is -0.486 e. The Morgan fingerprint density at radius 2 is 1.96 bits per heavy atom. The van der Waals surface area contributed by atoms with Gasteiger partial charge in [-0.15, -0.1) is 0 Å². The predicted octanol–water partition coefficient (Wildman–Crippen LogP) is 2.31. The Kier molecular flexibility index (Phi) is 5.12. The van der Waals surface area contributed by atoms with Crippen LogP contribution in [0.4, 0.5) is 0 Å². The van der Waals surface area contributed by atoms with Crippen LogP contribution in [-0.2, 0) is 12.8 Å². The van der Waals surface area contributed by atoms with Crippen LogP contribution in [0.3, 0.4) is 0 Å². The van der Waals surface area contributed by atoms with Gasteiger partial charge in [-0.05, 0) is 18.6 Å². The largest absolute Gasteiger partial charge is 0.486 e. The number of hydrogen-bond acceptors (Lipinski definition) is 5.